The highest BCUT2D eigenvalue weighted by atomic mass is 32.1. The summed E-state index contributed by atoms with van der Waals surface area (Å²) >= 11 is 1.80. The first-order chi connectivity index (χ1) is 13.3. The van der Waals surface area contributed by atoms with Crippen molar-refractivity contribution in [2.75, 3.05) is 19.7 Å². The molecule has 1 amide bonds. The molecule has 1 unspecified atom stereocenters. The smallest absolute Gasteiger partial charge is 0.229 e. The largest absolute Gasteiger partial charge is 0.492 e. The molecule has 4 nitrogen and oxygen atoms in total. The maximum absolute atomic E-state index is 13.0. The number of hydrogen-bond donors (Lipinski definition) is 0. The van der Waals surface area contributed by atoms with Crippen LogP contribution in [0.25, 0.3) is 10.2 Å². The molecule has 5 heteroatoms. The standard InChI is InChI=1S/C22H22N2O2S/c25-22(17-13-16-5-1-3-7-19(16)26-14-17)24-11-9-15(10-12-24)21-23-18-6-2-4-8-20(18)27-21/h1-8,15,17H,9-14H2. The minimum Gasteiger partial charge on any atom is -0.492 e. The molecule has 5 rings (SSSR count). The summed E-state index contributed by atoms with van der Waals surface area (Å²) < 4.78 is 7.07. The molecule has 2 aliphatic rings. The quantitative estimate of drug-likeness (QED) is 0.669. The summed E-state index contributed by atoms with van der Waals surface area (Å²) in [5, 5.41) is 1.22. The molecule has 0 spiro atoms. The molecule has 1 saturated heterocycles. The molecular formula is C22H22N2O2S. The van der Waals surface area contributed by atoms with Crippen LogP contribution in [-0.4, -0.2) is 35.5 Å². The Bertz CT molecular complexity index is 942. The maximum atomic E-state index is 13.0. The lowest BCUT2D eigenvalue weighted by Gasteiger charge is -2.35. The lowest BCUT2D eigenvalue weighted by molar-refractivity contribution is -0.138. The van der Waals surface area contributed by atoms with E-state index in [4.69, 9.17) is 9.72 Å². The summed E-state index contributed by atoms with van der Waals surface area (Å²) in [5.74, 6) is 1.58. The molecule has 0 saturated carbocycles. The molecule has 1 atom stereocenters. The Kier molecular flexibility index (Phi) is 4.32. The maximum Gasteiger partial charge on any atom is 0.229 e. The molecular weight excluding hydrogens is 356 g/mol. The predicted molar refractivity (Wildman–Crippen MR) is 107 cm³/mol. The van der Waals surface area contributed by atoms with Gasteiger partial charge in [0.15, 0.2) is 0 Å². The third-order valence-corrected chi connectivity index (χ3v) is 6.89. The number of para-hydroxylation sites is 2. The van der Waals surface area contributed by atoms with Gasteiger partial charge in [0.2, 0.25) is 5.91 Å². The van der Waals surface area contributed by atoms with Crippen LogP contribution in [0.4, 0.5) is 0 Å². The summed E-state index contributed by atoms with van der Waals surface area (Å²) in [6.45, 7) is 2.13. The van der Waals surface area contributed by atoms with Gasteiger partial charge in [-0.1, -0.05) is 30.3 Å². The highest BCUT2D eigenvalue weighted by Crippen LogP contribution is 2.35. The van der Waals surface area contributed by atoms with E-state index in [1.165, 1.54) is 9.71 Å². The van der Waals surface area contributed by atoms with Gasteiger partial charge in [-0.2, -0.15) is 0 Å². The third-order valence-electron chi connectivity index (χ3n) is 5.69. The zero-order chi connectivity index (χ0) is 18.2. The summed E-state index contributed by atoms with van der Waals surface area (Å²) in [6, 6.07) is 16.4. The van der Waals surface area contributed by atoms with Gasteiger partial charge in [-0.05, 0) is 43.0 Å². The second-order valence-corrected chi connectivity index (χ2v) is 8.50. The molecule has 27 heavy (non-hydrogen) atoms. The van der Waals surface area contributed by atoms with Gasteiger partial charge in [-0.25, -0.2) is 4.98 Å². The monoisotopic (exact) mass is 378 g/mol. The molecule has 0 N–H and O–H groups in total. The van der Waals surface area contributed by atoms with Crippen molar-refractivity contribution in [3.63, 3.8) is 0 Å². The molecule has 3 heterocycles. The first kappa shape index (κ1) is 16.8. The number of hydrogen-bond acceptors (Lipinski definition) is 4. The third kappa shape index (κ3) is 3.21. The van der Waals surface area contributed by atoms with E-state index in [1.807, 2.05) is 29.2 Å². The predicted octanol–water partition coefficient (Wildman–Crippen LogP) is 4.25. The minimum atomic E-state index is -0.0566. The lowest BCUT2D eigenvalue weighted by Crippen LogP contribution is -2.44. The summed E-state index contributed by atoms with van der Waals surface area (Å²) in [4.78, 5) is 19.8. The number of likely N-dealkylation sites (tertiary alicyclic amines) is 1. The second-order valence-electron chi connectivity index (χ2n) is 7.44. The van der Waals surface area contributed by atoms with Crippen molar-refractivity contribution < 1.29 is 9.53 Å². The summed E-state index contributed by atoms with van der Waals surface area (Å²) in [5.41, 5.74) is 2.24. The highest BCUT2D eigenvalue weighted by Gasteiger charge is 2.32. The van der Waals surface area contributed by atoms with Gasteiger partial charge in [0.25, 0.3) is 0 Å². The van der Waals surface area contributed by atoms with Crippen LogP contribution in [0.3, 0.4) is 0 Å². The van der Waals surface area contributed by atoms with Crippen molar-refractivity contribution in [2.24, 2.45) is 5.92 Å². The molecule has 3 aromatic rings. The van der Waals surface area contributed by atoms with Crippen LogP contribution in [0, 0.1) is 5.92 Å². The molecule has 0 aliphatic carbocycles. The van der Waals surface area contributed by atoms with E-state index in [-0.39, 0.29) is 11.8 Å². The van der Waals surface area contributed by atoms with E-state index in [0.29, 0.717) is 12.5 Å². The van der Waals surface area contributed by atoms with Crippen molar-refractivity contribution in [2.45, 2.75) is 25.2 Å². The number of carbonyl (C=O) groups is 1. The number of aromatic nitrogens is 1. The van der Waals surface area contributed by atoms with Crippen molar-refractivity contribution >= 4 is 27.5 Å². The number of fused-ring (bicyclic) bond motifs is 2. The van der Waals surface area contributed by atoms with Crippen LogP contribution in [0.5, 0.6) is 5.75 Å². The number of thiazole rings is 1. The number of benzene rings is 2. The van der Waals surface area contributed by atoms with Gasteiger partial charge < -0.3 is 9.64 Å². The van der Waals surface area contributed by atoms with E-state index in [0.717, 1.165) is 49.2 Å². The molecule has 138 valence electrons. The van der Waals surface area contributed by atoms with Gasteiger partial charge in [0.1, 0.15) is 12.4 Å². The number of rotatable bonds is 2. The Morgan fingerprint density at radius 1 is 1.07 bits per heavy atom. The number of carbonyl (C=O) groups excluding carboxylic acids is 1. The molecule has 2 aliphatic heterocycles. The minimum absolute atomic E-state index is 0.0566. The first-order valence-electron chi connectivity index (χ1n) is 9.63. The average molecular weight is 378 g/mol. The Morgan fingerprint density at radius 2 is 1.85 bits per heavy atom. The second kappa shape index (κ2) is 6.97. The molecule has 1 aromatic heterocycles. The van der Waals surface area contributed by atoms with Gasteiger partial charge in [-0.3, -0.25) is 4.79 Å². The fourth-order valence-electron chi connectivity index (χ4n) is 4.16. The van der Waals surface area contributed by atoms with Crippen molar-refractivity contribution in [3.05, 3.63) is 59.1 Å². The SMILES string of the molecule is O=C(C1COc2ccccc2C1)N1CCC(c2nc3ccccc3s2)CC1. The van der Waals surface area contributed by atoms with Crippen LogP contribution in [0.1, 0.15) is 29.3 Å². The van der Waals surface area contributed by atoms with Crippen LogP contribution in [-0.2, 0) is 11.2 Å². The van der Waals surface area contributed by atoms with Crippen molar-refractivity contribution in [1.29, 1.82) is 0 Å². The summed E-state index contributed by atoms with van der Waals surface area (Å²) in [7, 11) is 0. The number of amides is 1. The van der Waals surface area contributed by atoms with Gasteiger partial charge in [0, 0.05) is 19.0 Å². The first-order valence-corrected chi connectivity index (χ1v) is 10.4. The molecule has 0 radical (unpaired) electrons. The fourth-order valence-corrected chi connectivity index (χ4v) is 5.29. The number of nitrogens with zero attached hydrogens (tertiary/aromatic N) is 2. The molecule has 2 aromatic carbocycles. The number of piperidine rings is 1. The van der Waals surface area contributed by atoms with Crippen LogP contribution >= 0.6 is 11.3 Å². The topological polar surface area (TPSA) is 42.4 Å². The number of ether oxygens (including phenoxy) is 1. The Hall–Kier alpha value is -2.40. The van der Waals surface area contributed by atoms with Crippen LogP contribution in [0.2, 0.25) is 0 Å². The average Bonchev–Trinajstić information content (AvgIpc) is 3.17. The van der Waals surface area contributed by atoms with Crippen LogP contribution in [0.15, 0.2) is 48.5 Å². The highest BCUT2D eigenvalue weighted by molar-refractivity contribution is 7.18. The van der Waals surface area contributed by atoms with Gasteiger partial charge in [-0.15, -0.1) is 11.3 Å². The Balaban J connectivity index is 1.23. The lowest BCUT2D eigenvalue weighted by atomic mass is 9.93. The Labute approximate surface area is 162 Å². The normalized spacial score (nSPS) is 20.3. The summed E-state index contributed by atoms with van der Waals surface area (Å²) in [6.07, 6.45) is 2.78. The molecule has 1 fully saturated rings. The fraction of sp³-hybridized carbons (Fsp3) is 0.364. The van der Waals surface area contributed by atoms with E-state index >= 15 is 0 Å². The zero-order valence-corrected chi connectivity index (χ0v) is 16.0. The zero-order valence-electron chi connectivity index (χ0n) is 15.1. The van der Waals surface area contributed by atoms with Gasteiger partial charge >= 0.3 is 0 Å². The van der Waals surface area contributed by atoms with Crippen molar-refractivity contribution in [3.8, 4) is 5.75 Å². The van der Waals surface area contributed by atoms with E-state index in [1.54, 1.807) is 11.3 Å². The van der Waals surface area contributed by atoms with Crippen LogP contribution < -0.4 is 4.74 Å². The van der Waals surface area contributed by atoms with E-state index < -0.39 is 0 Å². The van der Waals surface area contributed by atoms with E-state index in [2.05, 4.69) is 24.3 Å². The van der Waals surface area contributed by atoms with Gasteiger partial charge in [0.05, 0.1) is 21.1 Å². The van der Waals surface area contributed by atoms with Crippen molar-refractivity contribution in [1.82, 2.24) is 9.88 Å². The Morgan fingerprint density at radius 3 is 2.70 bits per heavy atom. The molecule has 0 bridgehead atoms. The van der Waals surface area contributed by atoms with E-state index in [9.17, 15) is 4.79 Å².